The molecule has 0 heterocycles. The maximum atomic E-state index is 10.8. The number of hydrogen-bond donors (Lipinski definition) is 3. The Morgan fingerprint density at radius 1 is 1.28 bits per heavy atom. The Morgan fingerprint density at radius 3 is 2.28 bits per heavy atom. The first-order valence-corrected chi connectivity index (χ1v) is 4.92. The third-order valence-electron chi connectivity index (χ3n) is 2.29. The van der Waals surface area contributed by atoms with Crippen molar-refractivity contribution in [3.63, 3.8) is 0 Å². The van der Waals surface area contributed by atoms with Gasteiger partial charge in [0.25, 0.3) is 5.69 Å². The van der Waals surface area contributed by atoms with Gasteiger partial charge in [-0.2, -0.15) is 0 Å². The summed E-state index contributed by atoms with van der Waals surface area (Å²) in [6, 6.07) is 2.40. The van der Waals surface area contributed by atoms with Crippen LogP contribution in [-0.2, 0) is 18.0 Å². The van der Waals surface area contributed by atoms with Gasteiger partial charge in [0.2, 0.25) is 0 Å². The first kappa shape index (κ1) is 13.8. The van der Waals surface area contributed by atoms with Crippen molar-refractivity contribution in [3.05, 3.63) is 45.0 Å². The van der Waals surface area contributed by atoms with E-state index in [2.05, 4.69) is 0 Å². The van der Waals surface area contributed by atoms with Gasteiger partial charge in [0, 0.05) is 12.1 Å². The summed E-state index contributed by atoms with van der Waals surface area (Å²) < 4.78 is 0. The van der Waals surface area contributed by atoms with Gasteiger partial charge in [0.05, 0.1) is 23.7 Å². The summed E-state index contributed by atoms with van der Waals surface area (Å²) in [4.78, 5) is 20.5. The molecule has 0 aliphatic carbocycles. The van der Waals surface area contributed by atoms with Gasteiger partial charge >= 0.3 is 5.97 Å². The second-order valence-electron chi connectivity index (χ2n) is 3.42. The summed E-state index contributed by atoms with van der Waals surface area (Å²) in [7, 11) is 0. The van der Waals surface area contributed by atoms with Crippen LogP contribution in [0.2, 0.25) is 0 Å². The molecule has 96 valence electrons. The van der Waals surface area contributed by atoms with Gasteiger partial charge in [-0.3, -0.25) is 10.1 Å². The molecule has 7 heteroatoms. The molecule has 1 aromatic rings. The number of nitrogens with zero attached hydrogens (tertiary/aromatic N) is 1. The van der Waals surface area contributed by atoms with Crippen molar-refractivity contribution in [1.82, 2.24) is 0 Å². The molecule has 3 N–H and O–H groups in total. The Balaban J connectivity index is 3.37. The Morgan fingerprint density at radius 2 is 1.83 bits per heavy atom. The van der Waals surface area contributed by atoms with Crippen LogP contribution in [0.25, 0.3) is 6.08 Å². The third kappa shape index (κ3) is 3.12. The average Bonchev–Trinajstić information content (AvgIpc) is 2.34. The first-order chi connectivity index (χ1) is 8.49. The molecule has 0 bridgehead atoms. The van der Waals surface area contributed by atoms with Crippen molar-refractivity contribution in [2.24, 2.45) is 0 Å². The summed E-state index contributed by atoms with van der Waals surface area (Å²) in [5.74, 6) is -1.24. The van der Waals surface area contributed by atoms with Crippen LogP contribution in [0.5, 0.6) is 0 Å². The maximum absolute atomic E-state index is 10.8. The maximum Gasteiger partial charge on any atom is 0.328 e. The summed E-state index contributed by atoms with van der Waals surface area (Å²) >= 11 is 0. The van der Waals surface area contributed by atoms with E-state index < -0.39 is 24.1 Å². The number of carboxylic acids is 1. The van der Waals surface area contributed by atoms with Crippen LogP contribution < -0.4 is 0 Å². The lowest BCUT2D eigenvalue weighted by molar-refractivity contribution is -0.385. The number of aliphatic carboxylic acids is 1. The SMILES string of the molecule is O=C(O)/C=C/c1cc(CO)c(CO)cc1[N+](=O)[O-]. The zero-order valence-corrected chi connectivity index (χ0v) is 9.24. The lowest BCUT2D eigenvalue weighted by Gasteiger charge is -2.06. The molecule has 7 nitrogen and oxygen atoms in total. The predicted molar refractivity (Wildman–Crippen MR) is 61.6 cm³/mol. The van der Waals surface area contributed by atoms with Gasteiger partial charge in [-0.05, 0) is 23.3 Å². The third-order valence-corrected chi connectivity index (χ3v) is 2.29. The molecular formula is C11H11NO6. The van der Waals surface area contributed by atoms with Crippen LogP contribution in [0.4, 0.5) is 5.69 Å². The Hall–Kier alpha value is -2.25. The minimum atomic E-state index is -1.24. The van der Waals surface area contributed by atoms with Gasteiger partial charge in [-0.1, -0.05) is 0 Å². The Kier molecular flexibility index (Phi) is 4.52. The van der Waals surface area contributed by atoms with E-state index in [-0.39, 0.29) is 16.8 Å². The fourth-order valence-electron chi connectivity index (χ4n) is 1.44. The lowest BCUT2D eigenvalue weighted by Crippen LogP contribution is -2.00. The largest absolute Gasteiger partial charge is 0.478 e. The molecule has 0 aliphatic rings. The molecule has 0 spiro atoms. The molecule has 1 aromatic carbocycles. The van der Waals surface area contributed by atoms with E-state index in [0.29, 0.717) is 5.56 Å². The van der Waals surface area contributed by atoms with Crippen LogP contribution in [0.15, 0.2) is 18.2 Å². The van der Waals surface area contributed by atoms with Crippen molar-refractivity contribution in [3.8, 4) is 0 Å². The van der Waals surface area contributed by atoms with Crippen LogP contribution in [0.3, 0.4) is 0 Å². The number of rotatable bonds is 5. The highest BCUT2D eigenvalue weighted by Crippen LogP contribution is 2.25. The number of aliphatic hydroxyl groups excluding tert-OH is 2. The highest BCUT2D eigenvalue weighted by Gasteiger charge is 2.16. The topological polar surface area (TPSA) is 121 Å². The zero-order chi connectivity index (χ0) is 13.7. The minimum Gasteiger partial charge on any atom is -0.478 e. The van der Waals surface area contributed by atoms with Gasteiger partial charge in [0.15, 0.2) is 0 Å². The van der Waals surface area contributed by atoms with Crippen LogP contribution in [0.1, 0.15) is 16.7 Å². The van der Waals surface area contributed by atoms with E-state index in [9.17, 15) is 14.9 Å². The smallest absolute Gasteiger partial charge is 0.328 e. The molecule has 0 fully saturated rings. The molecule has 0 amide bonds. The van der Waals surface area contributed by atoms with Gasteiger partial charge in [0.1, 0.15) is 0 Å². The van der Waals surface area contributed by atoms with Crippen LogP contribution in [0, 0.1) is 10.1 Å². The summed E-state index contributed by atoms with van der Waals surface area (Å²) in [5.41, 5.74) is 0.280. The number of carboxylic acid groups (broad SMARTS) is 1. The predicted octanol–water partition coefficient (Wildman–Crippen LogP) is 0.677. The van der Waals surface area contributed by atoms with Gasteiger partial charge in [-0.25, -0.2) is 4.79 Å². The standard InChI is InChI=1S/C11H11NO6/c13-5-8-3-7(1-2-11(15)16)10(12(17)18)4-9(8)6-14/h1-4,13-14H,5-6H2,(H,15,16)/b2-1+. The monoisotopic (exact) mass is 253 g/mol. The fraction of sp³-hybridized carbons (Fsp3) is 0.182. The normalized spacial score (nSPS) is 10.8. The van der Waals surface area contributed by atoms with E-state index in [0.717, 1.165) is 18.2 Å². The number of aliphatic hydroxyl groups is 2. The Bertz CT molecular complexity index is 509. The van der Waals surface area contributed by atoms with Crippen molar-refractivity contribution in [1.29, 1.82) is 0 Å². The van der Waals surface area contributed by atoms with E-state index in [1.165, 1.54) is 6.07 Å². The average molecular weight is 253 g/mol. The molecular weight excluding hydrogens is 242 g/mol. The van der Waals surface area contributed by atoms with Crippen molar-refractivity contribution < 1.29 is 25.0 Å². The van der Waals surface area contributed by atoms with E-state index in [1.807, 2.05) is 0 Å². The van der Waals surface area contributed by atoms with E-state index in [4.69, 9.17) is 15.3 Å². The lowest BCUT2D eigenvalue weighted by atomic mass is 10.0. The molecule has 0 radical (unpaired) electrons. The van der Waals surface area contributed by atoms with Crippen molar-refractivity contribution in [2.45, 2.75) is 13.2 Å². The number of benzene rings is 1. The molecule has 0 saturated carbocycles. The minimum absolute atomic E-state index is 0.0589. The quantitative estimate of drug-likeness (QED) is 0.403. The number of nitro benzene ring substituents is 1. The molecule has 1 rings (SSSR count). The summed E-state index contributed by atoms with van der Waals surface area (Å²) in [5, 5.41) is 37.4. The van der Waals surface area contributed by atoms with Gasteiger partial charge in [-0.15, -0.1) is 0 Å². The zero-order valence-electron chi connectivity index (χ0n) is 9.24. The number of hydrogen-bond acceptors (Lipinski definition) is 5. The van der Waals surface area contributed by atoms with E-state index >= 15 is 0 Å². The first-order valence-electron chi connectivity index (χ1n) is 4.92. The molecule has 0 unspecified atom stereocenters. The molecule has 18 heavy (non-hydrogen) atoms. The number of carbonyl (C=O) groups is 1. The fourth-order valence-corrected chi connectivity index (χ4v) is 1.44. The second-order valence-corrected chi connectivity index (χ2v) is 3.42. The van der Waals surface area contributed by atoms with E-state index in [1.54, 1.807) is 0 Å². The van der Waals surface area contributed by atoms with Crippen molar-refractivity contribution in [2.75, 3.05) is 0 Å². The highest BCUT2D eigenvalue weighted by molar-refractivity contribution is 5.86. The highest BCUT2D eigenvalue weighted by atomic mass is 16.6. The summed E-state index contributed by atoms with van der Waals surface area (Å²) in [6.07, 6.45) is 1.84. The molecule has 0 atom stereocenters. The molecule has 0 saturated heterocycles. The molecule has 0 aliphatic heterocycles. The molecule has 0 aromatic heterocycles. The van der Waals surface area contributed by atoms with Crippen LogP contribution >= 0.6 is 0 Å². The Labute approximate surface area is 102 Å². The van der Waals surface area contributed by atoms with Crippen molar-refractivity contribution >= 4 is 17.7 Å². The van der Waals surface area contributed by atoms with Gasteiger partial charge < -0.3 is 15.3 Å². The second kappa shape index (κ2) is 5.89. The van der Waals surface area contributed by atoms with Crippen LogP contribution in [-0.4, -0.2) is 26.2 Å². The number of nitro groups is 1. The summed E-state index contributed by atoms with van der Waals surface area (Å²) in [6.45, 7) is -0.846.